The van der Waals surface area contributed by atoms with Crippen molar-refractivity contribution >= 4 is 39.5 Å². The standard InChI is InChI=1S/C43H55FN4O4.C2H6/c1-9-13-15-19-42(7,18-14-10-2)26-52-41-46-36-24-34(33-23-30(49)22-29-16-17-35(44)31(11-3)37(29)33)39(45-28(5)6)32(12-4)38(36)40(47-41)48-20-21-51-27-43(8,50)25-48;1-2/h3,12,16-17,22-24,28,49-50H,9-10,13-15,18-21,25-27H2,1-2,4-8H3;1-2H3/b32-12-,45-39?;. The molecule has 0 saturated carbocycles. The lowest BCUT2D eigenvalue weighted by molar-refractivity contribution is -0.0123. The first-order chi connectivity index (χ1) is 25.8. The number of rotatable bonds is 13. The SMILES string of the molecule is C#Cc1c(F)ccc2cc(O)cc(C3=Cc4nc(OCC(C)(CCCC)CCCCC)nc(N5CCOCC(C)(O)C5)c4/C(=C/C)C3=NC(C)C)c12.CC. The lowest BCUT2D eigenvalue weighted by atomic mass is 9.81. The molecule has 0 spiro atoms. The summed E-state index contributed by atoms with van der Waals surface area (Å²) in [4.78, 5) is 17.3. The van der Waals surface area contributed by atoms with Crippen LogP contribution in [0.2, 0.25) is 0 Å². The quantitative estimate of drug-likeness (QED) is 0.133. The normalized spacial score (nSPS) is 19.8. The van der Waals surface area contributed by atoms with E-state index >= 15 is 4.39 Å². The largest absolute Gasteiger partial charge is 0.508 e. The monoisotopic (exact) mass is 740 g/mol. The molecule has 0 radical (unpaired) electrons. The molecule has 2 unspecified atom stereocenters. The first kappa shape index (κ1) is 42.5. The van der Waals surface area contributed by atoms with Crippen molar-refractivity contribution in [2.75, 3.05) is 37.8 Å². The Hall–Kier alpha value is -4.26. The van der Waals surface area contributed by atoms with Crippen LogP contribution >= 0.6 is 0 Å². The number of nitrogens with zero attached hydrogens (tertiary/aromatic N) is 4. The van der Waals surface area contributed by atoms with E-state index in [0.717, 1.165) is 49.7 Å². The Labute approximate surface area is 322 Å². The molecule has 0 bridgehead atoms. The number of hydrogen-bond donors (Lipinski definition) is 2. The molecule has 8 nitrogen and oxygen atoms in total. The third-order valence-corrected chi connectivity index (χ3v) is 9.94. The van der Waals surface area contributed by atoms with E-state index in [4.69, 9.17) is 30.9 Å². The van der Waals surface area contributed by atoms with Crippen molar-refractivity contribution < 1.29 is 24.1 Å². The summed E-state index contributed by atoms with van der Waals surface area (Å²) in [5, 5.41) is 23.4. The average molecular weight is 741 g/mol. The summed E-state index contributed by atoms with van der Waals surface area (Å²) >= 11 is 0. The number of hydrogen-bond acceptors (Lipinski definition) is 8. The molecular weight excluding hydrogens is 680 g/mol. The van der Waals surface area contributed by atoms with Crippen molar-refractivity contribution in [2.45, 2.75) is 119 Å². The van der Waals surface area contributed by atoms with Gasteiger partial charge in [-0.2, -0.15) is 9.97 Å². The van der Waals surface area contributed by atoms with E-state index in [1.54, 1.807) is 25.1 Å². The van der Waals surface area contributed by atoms with E-state index in [-0.39, 0.29) is 41.9 Å². The number of allylic oxidation sites excluding steroid dienone is 3. The molecule has 0 amide bonds. The Kier molecular flexibility index (Phi) is 14.8. The second kappa shape index (κ2) is 18.9. The van der Waals surface area contributed by atoms with Gasteiger partial charge in [-0.05, 0) is 75.8 Å². The third kappa shape index (κ3) is 9.88. The predicted molar refractivity (Wildman–Crippen MR) is 222 cm³/mol. The van der Waals surface area contributed by atoms with Gasteiger partial charge >= 0.3 is 6.01 Å². The molecule has 1 saturated heterocycles. The highest BCUT2D eigenvalue weighted by molar-refractivity contribution is 6.50. The zero-order chi connectivity index (χ0) is 39.6. The third-order valence-electron chi connectivity index (χ3n) is 9.94. The minimum absolute atomic E-state index is 0.0170. The number of aliphatic imine (C=N–C) groups is 1. The number of halogens is 1. The molecule has 1 fully saturated rings. The molecule has 3 aromatic rings. The highest BCUT2D eigenvalue weighted by Crippen LogP contribution is 2.44. The number of ether oxygens (including phenoxy) is 2. The number of unbranched alkanes of at least 4 members (excludes halogenated alkanes) is 3. The topological polar surface area (TPSA) is 100 Å². The lowest BCUT2D eigenvalue weighted by Crippen LogP contribution is -2.42. The van der Waals surface area contributed by atoms with E-state index < -0.39 is 11.4 Å². The summed E-state index contributed by atoms with van der Waals surface area (Å²) in [6.45, 7) is 20.3. The number of β-amino-alcohol motifs (C(OH)–C–C–N with tert-alkyl or cyclic N) is 1. The van der Waals surface area contributed by atoms with E-state index in [9.17, 15) is 10.2 Å². The molecule has 1 aliphatic heterocycles. The van der Waals surface area contributed by atoms with Crippen LogP contribution in [-0.4, -0.2) is 70.4 Å². The average Bonchev–Trinajstić information content (AvgIpc) is 3.33. The van der Waals surface area contributed by atoms with Crippen molar-refractivity contribution in [3.63, 3.8) is 0 Å². The fraction of sp³-hybridized carbons (Fsp3) is 0.533. The molecule has 54 heavy (non-hydrogen) atoms. The number of aliphatic hydroxyl groups is 1. The van der Waals surface area contributed by atoms with Gasteiger partial charge < -0.3 is 24.6 Å². The molecule has 2 aromatic carbocycles. The molecule has 1 aliphatic carbocycles. The summed E-state index contributed by atoms with van der Waals surface area (Å²) in [7, 11) is 0. The minimum atomic E-state index is -1.12. The molecule has 2 aliphatic rings. The van der Waals surface area contributed by atoms with Gasteiger partial charge in [-0.1, -0.05) is 84.8 Å². The predicted octanol–water partition coefficient (Wildman–Crippen LogP) is 10.0. The molecule has 5 rings (SSSR count). The Morgan fingerprint density at radius 3 is 2.54 bits per heavy atom. The maximum absolute atomic E-state index is 15.3. The zero-order valence-corrected chi connectivity index (χ0v) is 34.0. The van der Waals surface area contributed by atoms with Crippen LogP contribution in [0.3, 0.4) is 0 Å². The smallest absolute Gasteiger partial charge is 0.318 e. The van der Waals surface area contributed by atoms with Crippen molar-refractivity contribution in [3.05, 3.63) is 58.5 Å². The Balaban J connectivity index is 0.00000319. The van der Waals surface area contributed by atoms with Crippen LogP contribution < -0.4 is 9.64 Å². The van der Waals surface area contributed by atoms with E-state index in [2.05, 4.69) is 26.7 Å². The summed E-state index contributed by atoms with van der Waals surface area (Å²) in [5.74, 6) is 2.66. The Bertz CT molecular complexity index is 1910. The highest BCUT2D eigenvalue weighted by atomic mass is 19.1. The summed E-state index contributed by atoms with van der Waals surface area (Å²) < 4.78 is 27.7. The van der Waals surface area contributed by atoms with Crippen molar-refractivity contribution in [1.82, 2.24) is 9.97 Å². The summed E-state index contributed by atoms with van der Waals surface area (Å²) in [6.07, 6.45) is 17.6. The first-order valence-corrected chi connectivity index (χ1v) is 19.8. The number of aromatic nitrogens is 2. The highest BCUT2D eigenvalue weighted by Gasteiger charge is 2.35. The van der Waals surface area contributed by atoms with Gasteiger partial charge in [0.1, 0.15) is 23.0 Å². The van der Waals surface area contributed by atoms with Crippen LogP contribution in [0.15, 0.2) is 35.3 Å². The summed E-state index contributed by atoms with van der Waals surface area (Å²) in [5.41, 5.74) is 2.89. The van der Waals surface area contributed by atoms with Crippen molar-refractivity contribution in [3.8, 4) is 24.1 Å². The van der Waals surface area contributed by atoms with Crippen molar-refractivity contribution in [2.24, 2.45) is 10.4 Å². The number of benzene rings is 2. The van der Waals surface area contributed by atoms with Crippen LogP contribution in [0.5, 0.6) is 11.8 Å². The molecule has 2 atom stereocenters. The number of phenols is 1. The molecule has 1 aromatic heterocycles. The van der Waals surface area contributed by atoms with Crippen molar-refractivity contribution in [1.29, 1.82) is 0 Å². The van der Waals surface area contributed by atoms with Crippen LogP contribution in [0.25, 0.3) is 28.0 Å². The van der Waals surface area contributed by atoms with E-state index in [1.807, 2.05) is 51.7 Å². The van der Waals surface area contributed by atoms with Crippen LogP contribution in [0, 0.1) is 23.6 Å². The molecule has 2 N–H and O–H groups in total. The molecule has 2 heterocycles. The zero-order valence-electron chi connectivity index (χ0n) is 34.0. The molecule has 292 valence electrons. The van der Waals surface area contributed by atoms with Gasteiger partial charge in [0, 0.05) is 34.5 Å². The van der Waals surface area contributed by atoms with E-state index in [1.165, 1.54) is 12.5 Å². The van der Waals surface area contributed by atoms with Gasteiger partial charge in [0.2, 0.25) is 0 Å². The van der Waals surface area contributed by atoms with Gasteiger partial charge in [0.05, 0.1) is 48.9 Å². The second-order valence-corrected chi connectivity index (χ2v) is 15.2. The second-order valence-electron chi connectivity index (χ2n) is 15.2. The van der Waals surface area contributed by atoms with Crippen LogP contribution in [0.1, 0.15) is 130 Å². The minimum Gasteiger partial charge on any atom is -0.508 e. The summed E-state index contributed by atoms with van der Waals surface area (Å²) in [6, 6.07) is 6.27. The fourth-order valence-electron chi connectivity index (χ4n) is 7.33. The number of terminal acetylenes is 1. The Morgan fingerprint density at radius 1 is 1.15 bits per heavy atom. The lowest BCUT2D eigenvalue weighted by Gasteiger charge is -2.33. The first-order valence-electron chi connectivity index (χ1n) is 19.8. The van der Waals surface area contributed by atoms with Gasteiger partial charge in [0.15, 0.2) is 0 Å². The number of phenolic OH excluding ortho intramolecular Hbond substituents is 1. The number of anilines is 1. The molecule has 9 heteroatoms. The van der Waals surface area contributed by atoms with Crippen LogP contribution in [-0.2, 0) is 4.74 Å². The Morgan fingerprint density at radius 2 is 1.87 bits per heavy atom. The van der Waals surface area contributed by atoms with Gasteiger partial charge in [-0.3, -0.25) is 4.99 Å². The molecular formula is C45H61FN4O4. The van der Waals surface area contributed by atoms with Crippen LogP contribution in [0.4, 0.5) is 10.2 Å². The number of aromatic hydroxyl groups is 1. The maximum atomic E-state index is 15.3. The van der Waals surface area contributed by atoms with Gasteiger partial charge in [0.25, 0.3) is 0 Å². The van der Waals surface area contributed by atoms with Gasteiger partial charge in [-0.25, -0.2) is 4.39 Å². The van der Waals surface area contributed by atoms with E-state index in [0.29, 0.717) is 58.9 Å². The fourth-order valence-corrected chi connectivity index (χ4v) is 7.33. The number of fused-ring (bicyclic) bond motifs is 2. The maximum Gasteiger partial charge on any atom is 0.318 e. The van der Waals surface area contributed by atoms with Gasteiger partial charge in [-0.15, -0.1) is 6.42 Å².